The molecule has 2 heterocycles. The van der Waals surface area contributed by atoms with E-state index in [4.69, 9.17) is 13.9 Å². The second-order valence-electron chi connectivity index (χ2n) is 10.5. The number of fused-ring (bicyclic) bond motifs is 5. The van der Waals surface area contributed by atoms with E-state index in [1.165, 1.54) is 16.7 Å². The van der Waals surface area contributed by atoms with Crippen molar-refractivity contribution in [3.8, 4) is 11.5 Å². The van der Waals surface area contributed by atoms with Gasteiger partial charge < -0.3 is 13.9 Å². The highest BCUT2D eigenvalue weighted by molar-refractivity contribution is 6.07. The van der Waals surface area contributed by atoms with Gasteiger partial charge in [0.05, 0.1) is 17.6 Å². The third-order valence-electron chi connectivity index (χ3n) is 7.01. The average Bonchev–Trinajstić information content (AvgIpc) is 2.81. The Hall–Kier alpha value is -3.31. The third kappa shape index (κ3) is 4.48. The molecule has 0 fully saturated rings. The number of ether oxygens (including phenoxy) is 2. The van der Waals surface area contributed by atoms with Crippen LogP contribution in [0.3, 0.4) is 0 Å². The zero-order valence-electron chi connectivity index (χ0n) is 22.0. The van der Waals surface area contributed by atoms with Crippen molar-refractivity contribution in [1.82, 2.24) is 4.90 Å². The van der Waals surface area contributed by atoms with Crippen molar-refractivity contribution >= 4 is 21.7 Å². The van der Waals surface area contributed by atoms with E-state index >= 15 is 0 Å². The van der Waals surface area contributed by atoms with Gasteiger partial charge in [-0.05, 0) is 77.3 Å². The van der Waals surface area contributed by atoms with E-state index in [9.17, 15) is 4.79 Å². The lowest BCUT2D eigenvalue weighted by atomic mass is 9.84. The van der Waals surface area contributed by atoms with E-state index in [0.29, 0.717) is 22.8 Å². The van der Waals surface area contributed by atoms with Crippen LogP contribution in [0.5, 0.6) is 11.5 Å². The summed E-state index contributed by atoms with van der Waals surface area (Å²) < 4.78 is 18.1. The summed E-state index contributed by atoms with van der Waals surface area (Å²) >= 11 is 0. The molecule has 0 saturated carbocycles. The van der Waals surface area contributed by atoms with Crippen LogP contribution in [0.1, 0.15) is 64.3 Å². The zero-order valence-corrected chi connectivity index (χ0v) is 22.0. The topological polar surface area (TPSA) is 51.9 Å². The number of hydrogen-bond acceptors (Lipinski definition) is 5. The van der Waals surface area contributed by atoms with Gasteiger partial charge in [0.1, 0.15) is 17.1 Å². The molecule has 2 atom stereocenters. The largest absolute Gasteiger partial charge is 0.491 e. The molecule has 1 aromatic heterocycles. The van der Waals surface area contributed by atoms with Crippen molar-refractivity contribution in [2.75, 3.05) is 0 Å². The van der Waals surface area contributed by atoms with Gasteiger partial charge in [-0.1, -0.05) is 30.3 Å². The molecule has 3 aromatic carbocycles. The number of nitrogens with zero attached hydrogens (tertiary/aromatic N) is 1. The fourth-order valence-electron chi connectivity index (χ4n) is 5.56. The third-order valence-corrected chi connectivity index (χ3v) is 7.01. The molecule has 5 rings (SSSR count). The van der Waals surface area contributed by atoms with Gasteiger partial charge in [-0.15, -0.1) is 0 Å². The zero-order chi connectivity index (χ0) is 25.6. The van der Waals surface area contributed by atoms with Crippen LogP contribution < -0.4 is 15.1 Å². The van der Waals surface area contributed by atoms with E-state index in [0.717, 1.165) is 29.5 Å². The van der Waals surface area contributed by atoms with Crippen molar-refractivity contribution < 1.29 is 13.9 Å². The first-order valence-corrected chi connectivity index (χ1v) is 12.9. The number of benzene rings is 3. The van der Waals surface area contributed by atoms with Crippen molar-refractivity contribution in [3.63, 3.8) is 0 Å². The molecule has 0 amide bonds. The van der Waals surface area contributed by atoms with Crippen LogP contribution >= 0.6 is 0 Å². The monoisotopic (exact) mass is 485 g/mol. The second kappa shape index (κ2) is 9.62. The maximum Gasteiger partial charge on any atom is 0.344 e. The standard InChI is InChI=1S/C31H35NO4/c1-18(2)34-23-12-13-24-25(15-23)31(33)36-28-16-27(35-19(3)4)29-21(6)32(17-22-10-8-7-9-11-22)20(5)14-26(29)30(24)28/h7-13,15-16,18-21H,14,17H2,1-6H3/t20-,21-/m1/s1. The molecule has 188 valence electrons. The summed E-state index contributed by atoms with van der Waals surface area (Å²) in [5.74, 6) is 1.47. The van der Waals surface area contributed by atoms with Gasteiger partial charge in [-0.25, -0.2) is 4.79 Å². The molecule has 4 aromatic rings. The lowest BCUT2D eigenvalue weighted by Crippen LogP contribution is -2.41. The minimum absolute atomic E-state index is 0.00333. The van der Waals surface area contributed by atoms with Crippen LogP contribution in [0.2, 0.25) is 0 Å². The summed E-state index contributed by atoms with van der Waals surface area (Å²) in [6.07, 6.45) is 0.866. The maximum atomic E-state index is 13.0. The first-order chi connectivity index (χ1) is 17.2. The predicted octanol–water partition coefficient (Wildman–Crippen LogP) is 7.03. The smallest absolute Gasteiger partial charge is 0.344 e. The normalized spacial score (nSPS) is 18.2. The van der Waals surface area contributed by atoms with Gasteiger partial charge >= 0.3 is 5.63 Å². The summed E-state index contributed by atoms with van der Waals surface area (Å²) in [4.78, 5) is 15.6. The molecular weight excluding hydrogens is 450 g/mol. The first-order valence-electron chi connectivity index (χ1n) is 12.9. The Bertz CT molecular complexity index is 1450. The van der Waals surface area contributed by atoms with E-state index in [1.807, 2.05) is 52.0 Å². The van der Waals surface area contributed by atoms with Gasteiger partial charge in [-0.3, -0.25) is 4.90 Å². The van der Waals surface area contributed by atoms with Crippen LogP contribution in [0.25, 0.3) is 21.7 Å². The molecule has 0 N–H and O–H groups in total. The lowest BCUT2D eigenvalue weighted by molar-refractivity contribution is 0.124. The van der Waals surface area contributed by atoms with Crippen molar-refractivity contribution in [2.45, 2.75) is 78.8 Å². The molecule has 0 spiro atoms. The molecule has 0 saturated heterocycles. The molecule has 1 aliphatic rings. The number of hydrogen-bond donors (Lipinski definition) is 0. The highest BCUT2D eigenvalue weighted by Gasteiger charge is 2.34. The lowest BCUT2D eigenvalue weighted by Gasteiger charge is -2.41. The fraction of sp³-hybridized carbons (Fsp3) is 0.387. The van der Waals surface area contributed by atoms with Gasteiger partial charge in [0.15, 0.2) is 0 Å². The maximum absolute atomic E-state index is 13.0. The first kappa shape index (κ1) is 24.4. The average molecular weight is 486 g/mol. The molecule has 0 unspecified atom stereocenters. The van der Waals surface area contributed by atoms with Crippen LogP contribution in [0.4, 0.5) is 0 Å². The Morgan fingerprint density at radius 3 is 2.36 bits per heavy atom. The minimum Gasteiger partial charge on any atom is -0.491 e. The Labute approximate surface area is 212 Å². The van der Waals surface area contributed by atoms with Crippen molar-refractivity contribution in [1.29, 1.82) is 0 Å². The van der Waals surface area contributed by atoms with Crippen LogP contribution in [-0.2, 0) is 13.0 Å². The molecule has 0 aliphatic carbocycles. The Morgan fingerprint density at radius 1 is 0.944 bits per heavy atom. The quantitative estimate of drug-likeness (QED) is 0.217. The Kier molecular flexibility index (Phi) is 6.52. The summed E-state index contributed by atoms with van der Waals surface area (Å²) in [7, 11) is 0. The molecule has 0 radical (unpaired) electrons. The Balaban J connectivity index is 1.73. The summed E-state index contributed by atoms with van der Waals surface area (Å²) in [6, 6.07) is 18.7. The molecule has 5 nitrogen and oxygen atoms in total. The van der Waals surface area contributed by atoms with Gasteiger partial charge in [-0.2, -0.15) is 0 Å². The summed E-state index contributed by atoms with van der Waals surface area (Å²) in [6.45, 7) is 13.4. The van der Waals surface area contributed by atoms with Gasteiger partial charge in [0.25, 0.3) is 0 Å². The molecule has 36 heavy (non-hydrogen) atoms. The highest BCUT2D eigenvalue weighted by atomic mass is 16.5. The second-order valence-corrected chi connectivity index (χ2v) is 10.5. The summed E-state index contributed by atoms with van der Waals surface area (Å²) in [5, 5.41) is 2.46. The predicted molar refractivity (Wildman–Crippen MR) is 145 cm³/mol. The van der Waals surface area contributed by atoms with E-state index in [-0.39, 0.29) is 23.9 Å². The minimum atomic E-state index is -0.357. The molecule has 5 heteroatoms. The molecule has 0 bridgehead atoms. The van der Waals surface area contributed by atoms with Crippen molar-refractivity contribution in [3.05, 3.63) is 81.7 Å². The van der Waals surface area contributed by atoms with Crippen LogP contribution in [-0.4, -0.2) is 23.1 Å². The van der Waals surface area contributed by atoms with Gasteiger partial charge in [0.2, 0.25) is 0 Å². The van der Waals surface area contributed by atoms with Crippen LogP contribution in [0.15, 0.2) is 63.8 Å². The fourth-order valence-corrected chi connectivity index (χ4v) is 5.56. The molecule has 1 aliphatic heterocycles. The summed E-state index contributed by atoms with van der Waals surface area (Å²) in [5.41, 5.74) is 3.91. The Morgan fingerprint density at radius 2 is 1.67 bits per heavy atom. The van der Waals surface area contributed by atoms with E-state index < -0.39 is 0 Å². The molecular formula is C31H35NO4. The van der Waals surface area contributed by atoms with Crippen LogP contribution in [0, 0.1) is 0 Å². The SMILES string of the molecule is CC(C)Oc1ccc2c(c1)c(=O)oc1cc(OC(C)C)c3c(c12)C[C@@H](C)N(Cc1ccccc1)[C@@H]3C. The highest BCUT2D eigenvalue weighted by Crippen LogP contribution is 2.45. The number of rotatable bonds is 6. The van der Waals surface area contributed by atoms with Crippen molar-refractivity contribution in [2.24, 2.45) is 0 Å². The van der Waals surface area contributed by atoms with E-state index in [2.05, 4.69) is 49.1 Å². The van der Waals surface area contributed by atoms with Gasteiger partial charge in [0, 0.05) is 41.0 Å². The van der Waals surface area contributed by atoms with E-state index in [1.54, 1.807) is 0 Å².